The van der Waals surface area contributed by atoms with Crippen LogP contribution in [0.25, 0.3) is 0 Å². The van der Waals surface area contributed by atoms with Crippen molar-refractivity contribution in [2.75, 3.05) is 25.0 Å². The maximum atomic E-state index is 12.5. The molecule has 6 heteroatoms. The number of rotatable bonds is 2. The van der Waals surface area contributed by atoms with Crippen molar-refractivity contribution in [3.63, 3.8) is 0 Å². The largest absolute Gasteiger partial charge is 0.481 e. The summed E-state index contributed by atoms with van der Waals surface area (Å²) in [6, 6.07) is 7.48. The van der Waals surface area contributed by atoms with E-state index in [2.05, 4.69) is 5.32 Å². The lowest BCUT2D eigenvalue weighted by Crippen LogP contribution is -2.51. The monoisotopic (exact) mass is 290 g/mol. The second-order valence-electron chi connectivity index (χ2n) is 5.45. The van der Waals surface area contributed by atoms with Crippen molar-refractivity contribution in [2.45, 2.75) is 18.9 Å². The van der Waals surface area contributed by atoms with Gasteiger partial charge in [-0.2, -0.15) is 0 Å². The highest BCUT2D eigenvalue weighted by Gasteiger charge is 2.34. The Balaban J connectivity index is 1.67. The third-order valence-electron chi connectivity index (χ3n) is 3.99. The van der Waals surface area contributed by atoms with E-state index in [4.69, 9.17) is 9.84 Å². The van der Waals surface area contributed by atoms with Gasteiger partial charge in [-0.3, -0.25) is 9.59 Å². The summed E-state index contributed by atoms with van der Waals surface area (Å²) in [6.07, 6.45) is 0.762. The average Bonchev–Trinajstić information content (AvgIpc) is 2.53. The molecule has 2 heterocycles. The Labute approximate surface area is 122 Å². The highest BCUT2D eigenvalue weighted by Crippen LogP contribution is 2.29. The van der Waals surface area contributed by atoms with Gasteiger partial charge in [0.2, 0.25) is 0 Å². The van der Waals surface area contributed by atoms with Gasteiger partial charge in [0.25, 0.3) is 5.91 Å². The lowest BCUT2D eigenvalue weighted by Gasteiger charge is -2.35. The van der Waals surface area contributed by atoms with Crippen LogP contribution in [0.4, 0.5) is 5.69 Å². The number of likely N-dealkylation sites (tertiary alicyclic amines) is 1. The summed E-state index contributed by atoms with van der Waals surface area (Å²) >= 11 is 0. The lowest BCUT2D eigenvalue weighted by atomic mass is 9.98. The number of carboxylic acids is 1. The minimum atomic E-state index is -0.833. The van der Waals surface area contributed by atoms with E-state index in [0.717, 1.165) is 12.1 Å². The molecule has 1 unspecified atom stereocenters. The predicted molar refractivity (Wildman–Crippen MR) is 76.3 cm³/mol. The molecule has 0 aliphatic carbocycles. The first-order valence-corrected chi connectivity index (χ1v) is 7.16. The lowest BCUT2D eigenvalue weighted by molar-refractivity contribution is -0.147. The Kier molecular flexibility index (Phi) is 3.68. The van der Waals surface area contributed by atoms with E-state index in [0.29, 0.717) is 25.3 Å². The van der Waals surface area contributed by atoms with Crippen LogP contribution in [0.3, 0.4) is 0 Å². The van der Waals surface area contributed by atoms with Crippen LogP contribution >= 0.6 is 0 Å². The summed E-state index contributed by atoms with van der Waals surface area (Å²) in [4.78, 5) is 25.2. The van der Waals surface area contributed by atoms with E-state index in [9.17, 15) is 9.59 Å². The number of fused-ring (bicyclic) bond motifs is 1. The van der Waals surface area contributed by atoms with Crippen LogP contribution in [-0.4, -0.2) is 47.6 Å². The van der Waals surface area contributed by atoms with Crippen molar-refractivity contribution in [3.05, 3.63) is 24.3 Å². The van der Waals surface area contributed by atoms with E-state index in [1.165, 1.54) is 0 Å². The highest BCUT2D eigenvalue weighted by atomic mass is 16.5. The van der Waals surface area contributed by atoms with Gasteiger partial charge in [0.15, 0.2) is 6.10 Å². The SMILES string of the molecule is O=C(O)[C@@H]1CCCN(C(=O)C2CNc3ccccc3O2)C1. The van der Waals surface area contributed by atoms with Gasteiger partial charge in [-0.05, 0) is 25.0 Å². The maximum absolute atomic E-state index is 12.5. The van der Waals surface area contributed by atoms with Crippen molar-refractivity contribution in [3.8, 4) is 5.75 Å². The fourth-order valence-electron chi connectivity index (χ4n) is 2.83. The van der Waals surface area contributed by atoms with Crippen molar-refractivity contribution in [1.29, 1.82) is 0 Å². The number of amides is 1. The standard InChI is InChI=1S/C15H18N2O4/c18-14(17-7-3-4-10(9-17)15(19)20)13-8-16-11-5-1-2-6-12(11)21-13/h1-2,5-6,10,13,16H,3-4,7-9H2,(H,19,20)/t10-,13?/m1/s1. The van der Waals surface area contributed by atoms with Gasteiger partial charge < -0.3 is 20.1 Å². The van der Waals surface area contributed by atoms with Crippen LogP contribution in [0, 0.1) is 5.92 Å². The summed E-state index contributed by atoms with van der Waals surface area (Å²) in [5, 5.41) is 12.3. The number of benzene rings is 1. The van der Waals surface area contributed by atoms with Gasteiger partial charge >= 0.3 is 5.97 Å². The third kappa shape index (κ3) is 2.79. The molecule has 0 aromatic heterocycles. The fourth-order valence-corrected chi connectivity index (χ4v) is 2.83. The van der Waals surface area contributed by atoms with Crippen molar-refractivity contribution in [2.24, 2.45) is 5.92 Å². The maximum Gasteiger partial charge on any atom is 0.308 e. The number of nitrogens with zero attached hydrogens (tertiary/aromatic N) is 1. The molecule has 1 aromatic carbocycles. The van der Waals surface area contributed by atoms with Gasteiger partial charge in [-0.25, -0.2) is 0 Å². The van der Waals surface area contributed by atoms with E-state index < -0.39 is 18.0 Å². The molecule has 2 atom stereocenters. The molecule has 1 saturated heterocycles. The fraction of sp³-hybridized carbons (Fsp3) is 0.467. The summed E-state index contributed by atoms with van der Waals surface area (Å²) < 4.78 is 5.74. The number of carbonyl (C=O) groups is 2. The summed E-state index contributed by atoms with van der Waals surface area (Å²) in [5.74, 6) is -0.774. The van der Waals surface area contributed by atoms with Gasteiger partial charge in [-0.15, -0.1) is 0 Å². The number of carbonyl (C=O) groups excluding carboxylic acids is 1. The Hall–Kier alpha value is -2.24. The number of hydrogen-bond acceptors (Lipinski definition) is 4. The van der Waals surface area contributed by atoms with Gasteiger partial charge in [0.05, 0.1) is 18.2 Å². The highest BCUT2D eigenvalue weighted by molar-refractivity contribution is 5.84. The van der Waals surface area contributed by atoms with E-state index in [1.54, 1.807) is 4.90 Å². The normalized spacial score (nSPS) is 24.5. The summed E-state index contributed by atoms with van der Waals surface area (Å²) in [6.45, 7) is 1.28. The molecule has 2 aliphatic rings. The summed E-state index contributed by atoms with van der Waals surface area (Å²) in [5.41, 5.74) is 0.878. The number of ether oxygens (including phenoxy) is 1. The second kappa shape index (κ2) is 5.63. The first-order chi connectivity index (χ1) is 10.1. The molecule has 112 valence electrons. The number of anilines is 1. The number of hydrogen-bond donors (Lipinski definition) is 2. The minimum Gasteiger partial charge on any atom is -0.481 e. The Morgan fingerprint density at radius 2 is 2.14 bits per heavy atom. The molecule has 0 bridgehead atoms. The first-order valence-electron chi connectivity index (χ1n) is 7.16. The summed E-state index contributed by atoms with van der Waals surface area (Å²) in [7, 11) is 0. The minimum absolute atomic E-state index is 0.136. The number of para-hydroxylation sites is 2. The predicted octanol–water partition coefficient (Wildman–Crippen LogP) is 1.18. The van der Waals surface area contributed by atoms with Crippen molar-refractivity contribution < 1.29 is 19.4 Å². The third-order valence-corrected chi connectivity index (χ3v) is 3.99. The number of carboxylic acid groups (broad SMARTS) is 1. The molecule has 1 amide bonds. The molecule has 0 radical (unpaired) electrons. The van der Waals surface area contributed by atoms with Crippen molar-refractivity contribution >= 4 is 17.6 Å². The zero-order chi connectivity index (χ0) is 14.8. The molecule has 3 rings (SSSR count). The van der Waals surface area contributed by atoms with Crippen LogP contribution in [0.5, 0.6) is 5.75 Å². The second-order valence-corrected chi connectivity index (χ2v) is 5.45. The van der Waals surface area contributed by atoms with Gasteiger partial charge in [0.1, 0.15) is 5.75 Å². The van der Waals surface area contributed by atoms with Crippen LogP contribution in [0.1, 0.15) is 12.8 Å². The van der Waals surface area contributed by atoms with Crippen LogP contribution < -0.4 is 10.1 Å². The molecule has 1 aromatic rings. The van der Waals surface area contributed by atoms with Crippen LogP contribution in [0.2, 0.25) is 0 Å². The quantitative estimate of drug-likeness (QED) is 0.855. The smallest absolute Gasteiger partial charge is 0.308 e. The zero-order valence-electron chi connectivity index (χ0n) is 11.6. The molecule has 21 heavy (non-hydrogen) atoms. The zero-order valence-corrected chi connectivity index (χ0v) is 11.6. The number of aliphatic carboxylic acids is 1. The number of nitrogens with one attached hydrogen (secondary N) is 1. The molecule has 1 fully saturated rings. The molecule has 0 spiro atoms. The molecular weight excluding hydrogens is 272 g/mol. The topological polar surface area (TPSA) is 78.9 Å². The van der Waals surface area contributed by atoms with Crippen molar-refractivity contribution in [1.82, 2.24) is 4.90 Å². The van der Waals surface area contributed by atoms with Gasteiger partial charge in [-0.1, -0.05) is 12.1 Å². The van der Waals surface area contributed by atoms with Gasteiger partial charge in [0, 0.05) is 13.1 Å². The molecular formula is C15H18N2O4. The Morgan fingerprint density at radius 1 is 1.33 bits per heavy atom. The average molecular weight is 290 g/mol. The Morgan fingerprint density at radius 3 is 2.95 bits per heavy atom. The molecule has 6 nitrogen and oxygen atoms in total. The first kappa shape index (κ1) is 13.7. The van der Waals surface area contributed by atoms with Crippen LogP contribution in [-0.2, 0) is 9.59 Å². The van der Waals surface area contributed by atoms with E-state index >= 15 is 0 Å². The van der Waals surface area contributed by atoms with E-state index in [1.807, 2.05) is 24.3 Å². The molecule has 2 aliphatic heterocycles. The van der Waals surface area contributed by atoms with E-state index in [-0.39, 0.29) is 12.5 Å². The molecule has 0 saturated carbocycles. The Bertz CT molecular complexity index is 560. The number of piperidine rings is 1. The molecule has 2 N–H and O–H groups in total. The van der Waals surface area contributed by atoms with Crippen LogP contribution in [0.15, 0.2) is 24.3 Å².